The van der Waals surface area contributed by atoms with Crippen molar-refractivity contribution >= 4 is 29.1 Å². The largest absolute Gasteiger partial charge is 0.497 e. The number of hydrogen-bond donors (Lipinski definition) is 1. The van der Waals surface area contributed by atoms with Crippen LogP contribution in [0.2, 0.25) is 10.0 Å². The van der Waals surface area contributed by atoms with Crippen LogP contribution in [0, 0.1) is 0 Å². The van der Waals surface area contributed by atoms with Gasteiger partial charge in [-0.25, -0.2) is 4.98 Å². The molecule has 1 aromatic heterocycles. The van der Waals surface area contributed by atoms with Crippen LogP contribution in [0.5, 0.6) is 11.5 Å². The molecule has 0 fully saturated rings. The number of benzene rings is 2. The summed E-state index contributed by atoms with van der Waals surface area (Å²) in [6.45, 7) is 1.66. The number of imidazole rings is 1. The first kappa shape index (κ1) is 21.0. The van der Waals surface area contributed by atoms with Crippen LogP contribution in [0.4, 0.5) is 0 Å². The maximum atomic E-state index is 12.9. The van der Waals surface area contributed by atoms with Crippen LogP contribution in [0.1, 0.15) is 24.4 Å². The highest BCUT2D eigenvalue weighted by Crippen LogP contribution is 2.29. The summed E-state index contributed by atoms with van der Waals surface area (Å²) in [6.07, 6.45) is 2.73. The first-order chi connectivity index (χ1) is 13.9. The second-order valence-corrected chi connectivity index (χ2v) is 7.29. The average Bonchev–Trinajstić information content (AvgIpc) is 3.13. The van der Waals surface area contributed by atoms with Gasteiger partial charge in [0.05, 0.1) is 12.1 Å². The lowest BCUT2D eigenvalue weighted by atomic mass is 10.1. The van der Waals surface area contributed by atoms with Crippen LogP contribution >= 0.6 is 23.2 Å². The lowest BCUT2D eigenvalue weighted by Gasteiger charge is -2.22. The first-order valence-corrected chi connectivity index (χ1v) is 9.68. The number of ether oxygens (including phenoxy) is 2. The summed E-state index contributed by atoms with van der Waals surface area (Å²) in [5.74, 6) is 1.50. The Bertz CT molecular complexity index is 989. The van der Waals surface area contributed by atoms with E-state index in [-0.39, 0.29) is 5.91 Å². The number of methoxy groups -OCH3 is 1. The first-order valence-electron chi connectivity index (χ1n) is 8.92. The van der Waals surface area contributed by atoms with Gasteiger partial charge in [-0.1, -0.05) is 35.3 Å². The van der Waals surface area contributed by atoms with Crippen molar-refractivity contribution in [1.82, 2.24) is 14.9 Å². The van der Waals surface area contributed by atoms with Gasteiger partial charge in [-0.3, -0.25) is 4.79 Å². The number of nitrogens with zero attached hydrogens (tertiary/aromatic N) is 2. The lowest BCUT2D eigenvalue weighted by molar-refractivity contribution is -0.127. The fraction of sp³-hybridized carbons (Fsp3) is 0.238. The third kappa shape index (κ3) is 5.02. The van der Waals surface area contributed by atoms with E-state index in [4.69, 9.17) is 32.7 Å². The van der Waals surface area contributed by atoms with Crippen LogP contribution in [-0.2, 0) is 11.8 Å². The van der Waals surface area contributed by atoms with Gasteiger partial charge in [0.1, 0.15) is 23.4 Å². The zero-order valence-electron chi connectivity index (χ0n) is 16.2. The maximum absolute atomic E-state index is 12.9. The topological polar surface area (TPSA) is 65.4 Å². The number of halogens is 2. The third-order valence-corrected chi connectivity index (χ3v) is 4.95. The number of aryl methyl sites for hydroxylation is 1. The Labute approximate surface area is 179 Å². The van der Waals surface area contributed by atoms with Crippen LogP contribution in [-0.4, -0.2) is 28.7 Å². The molecule has 29 heavy (non-hydrogen) atoms. The second-order valence-electron chi connectivity index (χ2n) is 6.45. The Hall–Kier alpha value is -2.70. The highest BCUT2D eigenvalue weighted by atomic mass is 35.5. The lowest BCUT2D eigenvalue weighted by Crippen LogP contribution is -2.39. The molecule has 0 aliphatic heterocycles. The molecule has 1 heterocycles. The van der Waals surface area contributed by atoms with Crippen LogP contribution in [0.15, 0.2) is 54.9 Å². The number of rotatable bonds is 7. The number of amides is 1. The highest BCUT2D eigenvalue weighted by molar-refractivity contribution is 6.35. The van der Waals surface area contributed by atoms with Crippen LogP contribution in [0.25, 0.3) is 0 Å². The van der Waals surface area contributed by atoms with E-state index in [2.05, 4.69) is 10.3 Å². The van der Waals surface area contributed by atoms with Crippen molar-refractivity contribution in [2.24, 2.45) is 7.05 Å². The highest BCUT2D eigenvalue weighted by Gasteiger charge is 2.25. The van der Waals surface area contributed by atoms with Gasteiger partial charge in [-0.05, 0) is 42.8 Å². The maximum Gasteiger partial charge on any atom is 0.261 e. The monoisotopic (exact) mass is 433 g/mol. The third-order valence-electron chi connectivity index (χ3n) is 4.42. The van der Waals surface area contributed by atoms with Crippen molar-refractivity contribution in [3.63, 3.8) is 0 Å². The Kier molecular flexibility index (Phi) is 6.67. The number of carbonyl (C=O) groups is 1. The van der Waals surface area contributed by atoms with E-state index < -0.39 is 12.1 Å². The molecule has 0 radical (unpaired) electrons. The predicted molar refractivity (Wildman–Crippen MR) is 113 cm³/mol. The molecule has 152 valence electrons. The molecule has 2 atom stereocenters. The molecule has 0 saturated heterocycles. The molecular weight excluding hydrogens is 413 g/mol. The van der Waals surface area contributed by atoms with Crippen molar-refractivity contribution < 1.29 is 14.3 Å². The summed E-state index contributed by atoms with van der Waals surface area (Å²) in [5, 5.41) is 3.84. The molecule has 0 aliphatic rings. The molecule has 0 bridgehead atoms. The Balaban J connectivity index is 1.81. The molecule has 8 heteroatoms. The van der Waals surface area contributed by atoms with E-state index in [1.165, 1.54) is 0 Å². The zero-order chi connectivity index (χ0) is 21.0. The van der Waals surface area contributed by atoms with Crippen molar-refractivity contribution in [1.29, 1.82) is 0 Å². The summed E-state index contributed by atoms with van der Waals surface area (Å²) >= 11 is 12.1. The molecule has 0 spiro atoms. The minimum atomic E-state index is -0.783. The number of hydrogen-bond acceptors (Lipinski definition) is 4. The smallest absolute Gasteiger partial charge is 0.261 e. The molecular formula is C21H21Cl2N3O3. The van der Waals surface area contributed by atoms with E-state index in [1.54, 1.807) is 38.4 Å². The Morgan fingerprint density at radius 1 is 1.17 bits per heavy atom. The number of carbonyl (C=O) groups excluding carboxylic acids is 1. The van der Waals surface area contributed by atoms with E-state index in [1.807, 2.05) is 42.1 Å². The van der Waals surface area contributed by atoms with E-state index in [9.17, 15) is 4.79 Å². The van der Waals surface area contributed by atoms with Gasteiger partial charge in [-0.2, -0.15) is 0 Å². The fourth-order valence-electron chi connectivity index (χ4n) is 2.82. The van der Waals surface area contributed by atoms with Crippen molar-refractivity contribution in [2.75, 3.05) is 7.11 Å². The summed E-state index contributed by atoms with van der Waals surface area (Å²) < 4.78 is 12.8. The van der Waals surface area contributed by atoms with Crippen LogP contribution < -0.4 is 14.8 Å². The molecule has 2 aromatic carbocycles. The van der Waals surface area contributed by atoms with Gasteiger partial charge < -0.3 is 19.4 Å². The molecule has 3 rings (SSSR count). The summed E-state index contributed by atoms with van der Waals surface area (Å²) in [6, 6.07) is 11.8. The van der Waals surface area contributed by atoms with Gasteiger partial charge in [-0.15, -0.1) is 0 Å². The van der Waals surface area contributed by atoms with Gasteiger partial charge in [0.25, 0.3) is 5.91 Å². The van der Waals surface area contributed by atoms with Gasteiger partial charge in [0, 0.05) is 24.5 Å². The molecule has 1 amide bonds. The molecule has 1 N–H and O–H groups in total. The SMILES string of the molecule is COc1ccc([C@@H](NC(=O)[C@@H](C)Oc2ccc(Cl)cc2Cl)c2nccn2C)cc1. The standard InChI is InChI=1S/C21H21Cl2N3O3/c1-13(29-18-9-6-15(22)12-17(18)23)21(27)25-19(20-24-10-11-26(20)2)14-4-7-16(28-3)8-5-14/h4-13,19H,1-3H3,(H,25,27)/t13-,19-/m1/s1. The summed E-state index contributed by atoms with van der Waals surface area (Å²) in [5.41, 5.74) is 0.866. The molecule has 3 aromatic rings. The minimum absolute atomic E-state index is 0.306. The average molecular weight is 434 g/mol. The van der Waals surface area contributed by atoms with E-state index >= 15 is 0 Å². The minimum Gasteiger partial charge on any atom is -0.497 e. The summed E-state index contributed by atoms with van der Waals surface area (Å²) in [4.78, 5) is 17.3. The fourth-order valence-corrected chi connectivity index (χ4v) is 3.28. The van der Waals surface area contributed by atoms with Crippen molar-refractivity contribution in [3.05, 3.63) is 76.3 Å². The van der Waals surface area contributed by atoms with Gasteiger partial charge in [0.2, 0.25) is 0 Å². The van der Waals surface area contributed by atoms with E-state index in [0.717, 1.165) is 11.3 Å². The number of aromatic nitrogens is 2. The second kappa shape index (κ2) is 9.20. The Morgan fingerprint density at radius 3 is 2.48 bits per heavy atom. The van der Waals surface area contributed by atoms with Gasteiger partial charge in [0.15, 0.2) is 6.10 Å². The normalized spacial score (nSPS) is 12.9. The molecule has 0 unspecified atom stereocenters. The van der Waals surface area contributed by atoms with Crippen molar-refractivity contribution in [2.45, 2.75) is 19.1 Å². The van der Waals surface area contributed by atoms with E-state index in [0.29, 0.717) is 21.6 Å². The molecule has 0 saturated carbocycles. The summed E-state index contributed by atoms with van der Waals surface area (Å²) in [7, 11) is 3.48. The molecule has 6 nitrogen and oxygen atoms in total. The quantitative estimate of drug-likeness (QED) is 0.599. The predicted octanol–water partition coefficient (Wildman–Crippen LogP) is 4.41. The zero-order valence-corrected chi connectivity index (χ0v) is 17.7. The molecule has 0 aliphatic carbocycles. The van der Waals surface area contributed by atoms with Crippen LogP contribution in [0.3, 0.4) is 0 Å². The number of nitrogens with one attached hydrogen (secondary N) is 1. The van der Waals surface area contributed by atoms with Gasteiger partial charge >= 0.3 is 0 Å². The Morgan fingerprint density at radius 2 is 1.90 bits per heavy atom. The van der Waals surface area contributed by atoms with Crippen molar-refractivity contribution in [3.8, 4) is 11.5 Å².